The average molecular weight is 211 g/mol. The van der Waals surface area contributed by atoms with Crippen molar-refractivity contribution in [2.45, 2.75) is 25.3 Å². The Bertz CT molecular complexity index is 265. The topological polar surface area (TPSA) is 21.3 Å². The molecule has 1 N–H and O–H groups in total. The van der Waals surface area contributed by atoms with Gasteiger partial charge in [-0.2, -0.15) is 11.3 Å². The molecule has 1 fully saturated rings. The van der Waals surface area contributed by atoms with Crippen molar-refractivity contribution in [1.82, 2.24) is 5.32 Å². The molecule has 2 rings (SSSR count). The zero-order valence-corrected chi connectivity index (χ0v) is 9.40. The van der Waals surface area contributed by atoms with Gasteiger partial charge in [0.2, 0.25) is 0 Å². The number of nitrogens with one attached hydrogen (secondary N) is 1. The van der Waals surface area contributed by atoms with Gasteiger partial charge in [0, 0.05) is 12.1 Å². The van der Waals surface area contributed by atoms with Gasteiger partial charge in [-0.3, -0.25) is 0 Å². The zero-order valence-electron chi connectivity index (χ0n) is 8.58. The molecule has 0 spiro atoms. The predicted octanol–water partition coefficient (Wildman–Crippen LogP) is 2.06. The van der Waals surface area contributed by atoms with Crippen molar-refractivity contribution >= 4 is 11.3 Å². The van der Waals surface area contributed by atoms with Gasteiger partial charge in [0.25, 0.3) is 0 Å². The van der Waals surface area contributed by atoms with Gasteiger partial charge < -0.3 is 10.1 Å². The molecule has 2 heterocycles. The van der Waals surface area contributed by atoms with Crippen LogP contribution in [0.15, 0.2) is 16.8 Å². The van der Waals surface area contributed by atoms with Gasteiger partial charge >= 0.3 is 0 Å². The highest BCUT2D eigenvalue weighted by Gasteiger charge is 2.28. The number of thiophene rings is 1. The van der Waals surface area contributed by atoms with Crippen LogP contribution in [-0.4, -0.2) is 25.3 Å². The highest BCUT2D eigenvalue weighted by atomic mass is 32.1. The Morgan fingerprint density at radius 3 is 3.21 bits per heavy atom. The monoisotopic (exact) mass is 211 g/mol. The first kappa shape index (κ1) is 10.1. The molecule has 1 unspecified atom stereocenters. The summed E-state index contributed by atoms with van der Waals surface area (Å²) in [4.78, 5) is 0. The molecule has 0 bridgehead atoms. The molecule has 2 nitrogen and oxygen atoms in total. The second-order valence-corrected chi connectivity index (χ2v) is 4.95. The summed E-state index contributed by atoms with van der Waals surface area (Å²) in [5.41, 5.74) is 1.65. The van der Waals surface area contributed by atoms with E-state index in [1.807, 2.05) is 0 Å². The Balaban J connectivity index is 1.72. The number of hydrogen-bond acceptors (Lipinski definition) is 3. The molecule has 1 saturated heterocycles. The minimum absolute atomic E-state index is 0.218. The van der Waals surface area contributed by atoms with E-state index in [-0.39, 0.29) is 5.54 Å². The van der Waals surface area contributed by atoms with Crippen LogP contribution in [0, 0.1) is 0 Å². The molecular weight excluding hydrogens is 194 g/mol. The first-order valence-corrected chi connectivity index (χ1v) is 6.07. The summed E-state index contributed by atoms with van der Waals surface area (Å²) in [7, 11) is 0. The second-order valence-electron chi connectivity index (χ2n) is 4.17. The van der Waals surface area contributed by atoms with Crippen molar-refractivity contribution in [1.29, 1.82) is 0 Å². The van der Waals surface area contributed by atoms with E-state index in [1.165, 1.54) is 5.56 Å². The molecule has 1 aromatic rings. The molecule has 0 saturated carbocycles. The fourth-order valence-corrected chi connectivity index (χ4v) is 2.45. The summed E-state index contributed by atoms with van der Waals surface area (Å²) < 4.78 is 5.39. The number of ether oxygens (including phenoxy) is 1. The first-order valence-electron chi connectivity index (χ1n) is 5.12. The van der Waals surface area contributed by atoms with E-state index in [0.29, 0.717) is 0 Å². The van der Waals surface area contributed by atoms with Gasteiger partial charge in [-0.15, -0.1) is 0 Å². The van der Waals surface area contributed by atoms with Gasteiger partial charge in [0.1, 0.15) is 0 Å². The van der Waals surface area contributed by atoms with Crippen molar-refractivity contribution in [3.8, 4) is 0 Å². The largest absolute Gasteiger partial charge is 0.379 e. The van der Waals surface area contributed by atoms with Crippen LogP contribution in [0.1, 0.15) is 18.9 Å². The van der Waals surface area contributed by atoms with Gasteiger partial charge in [-0.25, -0.2) is 0 Å². The Kier molecular flexibility index (Phi) is 3.21. The molecule has 3 heteroatoms. The summed E-state index contributed by atoms with van der Waals surface area (Å²) in [5, 5.41) is 7.93. The summed E-state index contributed by atoms with van der Waals surface area (Å²) >= 11 is 1.77. The summed E-state index contributed by atoms with van der Waals surface area (Å²) in [6.07, 6.45) is 2.26. The molecule has 14 heavy (non-hydrogen) atoms. The highest BCUT2D eigenvalue weighted by Crippen LogP contribution is 2.17. The van der Waals surface area contributed by atoms with E-state index >= 15 is 0 Å². The Morgan fingerprint density at radius 2 is 2.57 bits per heavy atom. The summed E-state index contributed by atoms with van der Waals surface area (Å²) in [6.45, 7) is 5.06. The van der Waals surface area contributed by atoms with Crippen LogP contribution in [0.2, 0.25) is 0 Å². The van der Waals surface area contributed by atoms with Gasteiger partial charge in [0.05, 0.1) is 6.61 Å². The molecule has 0 aromatic carbocycles. The maximum atomic E-state index is 5.39. The maximum absolute atomic E-state index is 5.39. The number of hydrogen-bond donors (Lipinski definition) is 1. The van der Waals surface area contributed by atoms with Crippen molar-refractivity contribution in [3.63, 3.8) is 0 Å². The fourth-order valence-electron chi connectivity index (χ4n) is 1.75. The zero-order chi connectivity index (χ0) is 9.86. The Morgan fingerprint density at radius 1 is 1.64 bits per heavy atom. The lowest BCUT2D eigenvalue weighted by atomic mass is 10.0. The van der Waals surface area contributed by atoms with E-state index in [2.05, 4.69) is 29.1 Å². The summed E-state index contributed by atoms with van der Waals surface area (Å²) in [5.74, 6) is 0. The van der Waals surface area contributed by atoms with Gasteiger partial charge in [-0.1, -0.05) is 0 Å². The quantitative estimate of drug-likeness (QED) is 0.823. The van der Waals surface area contributed by atoms with E-state index in [1.54, 1.807) is 11.3 Å². The third-order valence-electron chi connectivity index (χ3n) is 2.76. The van der Waals surface area contributed by atoms with Crippen LogP contribution in [0.4, 0.5) is 0 Å². The van der Waals surface area contributed by atoms with Crippen molar-refractivity contribution in [2.75, 3.05) is 19.8 Å². The van der Waals surface area contributed by atoms with E-state index in [9.17, 15) is 0 Å². The molecule has 1 atom stereocenters. The Labute approximate surface area is 89.3 Å². The van der Waals surface area contributed by atoms with Gasteiger partial charge in [0.15, 0.2) is 0 Å². The molecule has 1 aromatic heterocycles. The second kappa shape index (κ2) is 4.43. The van der Waals surface area contributed by atoms with Crippen molar-refractivity contribution in [3.05, 3.63) is 22.4 Å². The normalized spacial score (nSPS) is 26.9. The third kappa shape index (κ3) is 2.56. The lowest BCUT2D eigenvalue weighted by Gasteiger charge is -2.23. The van der Waals surface area contributed by atoms with Crippen LogP contribution in [0.5, 0.6) is 0 Å². The molecule has 1 aliphatic rings. The predicted molar refractivity (Wildman–Crippen MR) is 59.9 cm³/mol. The lowest BCUT2D eigenvalue weighted by Crippen LogP contribution is -2.43. The summed E-state index contributed by atoms with van der Waals surface area (Å²) in [6, 6.07) is 2.19. The van der Waals surface area contributed by atoms with Crippen LogP contribution in [-0.2, 0) is 11.2 Å². The minimum atomic E-state index is 0.218. The average Bonchev–Trinajstić information content (AvgIpc) is 2.77. The number of rotatable bonds is 4. The minimum Gasteiger partial charge on any atom is -0.379 e. The van der Waals surface area contributed by atoms with Gasteiger partial charge in [-0.05, 0) is 48.7 Å². The first-order chi connectivity index (χ1) is 6.79. The van der Waals surface area contributed by atoms with Crippen LogP contribution in [0.25, 0.3) is 0 Å². The Hall–Kier alpha value is -0.380. The van der Waals surface area contributed by atoms with E-state index < -0.39 is 0 Å². The standard InChI is InChI=1S/C11H17NOS/c1-11(4-6-13-9-11)12-5-2-10-3-7-14-8-10/h3,7-8,12H,2,4-6,9H2,1H3. The van der Waals surface area contributed by atoms with Crippen LogP contribution in [0.3, 0.4) is 0 Å². The molecular formula is C11H17NOS. The fraction of sp³-hybridized carbons (Fsp3) is 0.636. The smallest absolute Gasteiger partial charge is 0.0646 e. The van der Waals surface area contributed by atoms with E-state index in [0.717, 1.165) is 32.6 Å². The maximum Gasteiger partial charge on any atom is 0.0646 e. The molecule has 0 aliphatic carbocycles. The molecule has 0 amide bonds. The van der Waals surface area contributed by atoms with Crippen molar-refractivity contribution < 1.29 is 4.74 Å². The molecule has 0 radical (unpaired) electrons. The van der Waals surface area contributed by atoms with Crippen LogP contribution < -0.4 is 5.32 Å². The SMILES string of the molecule is CC1(NCCc2ccsc2)CCOC1. The van der Waals surface area contributed by atoms with Crippen LogP contribution >= 0.6 is 11.3 Å². The van der Waals surface area contributed by atoms with E-state index in [4.69, 9.17) is 4.74 Å². The molecule has 78 valence electrons. The van der Waals surface area contributed by atoms with Crippen molar-refractivity contribution in [2.24, 2.45) is 0 Å². The highest BCUT2D eigenvalue weighted by molar-refractivity contribution is 7.07. The third-order valence-corrected chi connectivity index (χ3v) is 3.50. The lowest BCUT2D eigenvalue weighted by molar-refractivity contribution is 0.172. The molecule has 1 aliphatic heterocycles.